The summed E-state index contributed by atoms with van der Waals surface area (Å²) in [6, 6.07) is -5.97. The third kappa shape index (κ3) is 8.44. The Balaban J connectivity index is 5.14. The second-order valence-corrected chi connectivity index (χ2v) is 5.74. The molecule has 0 aliphatic rings. The molecular formula is C14H24N4O9. The van der Waals surface area contributed by atoms with Crippen LogP contribution in [0.15, 0.2) is 0 Å². The van der Waals surface area contributed by atoms with Gasteiger partial charge in [0.2, 0.25) is 17.7 Å². The van der Waals surface area contributed by atoms with Gasteiger partial charge in [0.05, 0.1) is 19.1 Å². The van der Waals surface area contributed by atoms with Gasteiger partial charge < -0.3 is 42.1 Å². The zero-order valence-corrected chi connectivity index (χ0v) is 14.7. The van der Waals surface area contributed by atoms with Crippen molar-refractivity contribution >= 4 is 29.7 Å². The number of rotatable bonds is 11. The summed E-state index contributed by atoms with van der Waals surface area (Å²) < 4.78 is 0. The fraction of sp³-hybridized carbons (Fsp3) is 0.643. The highest BCUT2D eigenvalue weighted by Crippen LogP contribution is 1.98. The number of carboxylic acid groups (broad SMARTS) is 2. The minimum Gasteiger partial charge on any atom is -0.481 e. The van der Waals surface area contributed by atoms with Gasteiger partial charge in [0.1, 0.15) is 24.2 Å². The van der Waals surface area contributed by atoms with Crippen molar-refractivity contribution in [2.45, 2.75) is 50.5 Å². The Morgan fingerprint density at radius 2 is 1.37 bits per heavy atom. The number of carbonyl (C=O) groups excluding carboxylic acids is 3. The summed E-state index contributed by atoms with van der Waals surface area (Å²) in [5.41, 5.74) is 5.40. The Bertz CT molecular complexity index is 581. The number of amides is 3. The lowest BCUT2D eigenvalue weighted by Gasteiger charge is -2.23. The molecular weight excluding hydrogens is 368 g/mol. The molecule has 13 heteroatoms. The largest absolute Gasteiger partial charge is 0.481 e. The maximum atomic E-state index is 12.2. The Morgan fingerprint density at radius 3 is 1.78 bits per heavy atom. The lowest BCUT2D eigenvalue weighted by atomic mass is 10.1. The van der Waals surface area contributed by atoms with Crippen molar-refractivity contribution in [1.29, 1.82) is 0 Å². The van der Waals surface area contributed by atoms with E-state index in [-0.39, 0.29) is 0 Å². The highest BCUT2D eigenvalue weighted by molar-refractivity contribution is 5.95. The van der Waals surface area contributed by atoms with Crippen LogP contribution in [0.25, 0.3) is 0 Å². The summed E-state index contributed by atoms with van der Waals surface area (Å²) in [5.74, 6) is -5.96. The molecule has 0 saturated carbocycles. The monoisotopic (exact) mass is 392 g/mol. The van der Waals surface area contributed by atoms with Gasteiger partial charge in [0.15, 0.2) is 0 Å². The van der Waals surface area contributed by atoms with E-state index in [1.54, 1.807) is 0 Å². The van der Waals surface area contributed by atoms with Crippen LogP contribution in [0.4, 0.5) is 0 Å². The lowest BCUT2D eigenvalue weighted by Crippen LogP contribution is -2.59. The molecule has 0 fully saturated rings. The molecule has 154 valence electrons. The summed E-state index contributed by atoms with van der Waals surface area (Å²) in [6.07, 6.45) is -2.14. The average molecular weight is 392 g/mol. The number of carbonyl (C=O) groups is 5. The average Bonchev–Trinajstić information content (AvgIpc) is 2.56. The minimum absolute atomic E-state index is 0.866. The highest BCUT2D eigenvalue weighted by atomic mass is 16.4. The number of hydrogen-bond acceptors (Lipinski definition) is 8. The SMILES string of the molecule is CC(NC(=O)C(CO)NC(=O)C(CC(=O)O)NC(=O)C(N)C(C)O)C(=O)O. The molecule has 0 spiro atoms. The predicted molar refractivity (Wildman–Crippen MR) is 88.1 cm³/mol. The fourth-order valence-electron chi connectivity index (χ4n) is 1.71. The van der Waals surface area contributed by atoms with Crippen LogP contribution in [-0.2, 0) is 24.0 Å². The second-order valence-electron chi connectivity index (χ2n) is 5.74. The van der Waals surface area contributed by atoms with Gasteiger partial charge in [-0.1, -0.05) is 0 Å². The molecule has 0 rings (SSSR count). The van der Waals surface area contributed by atoms with E-state index in [0.717, 1.165) is 6.92 Å². The molecule has 0 saturated heterocycles. The molecule has 0 radical (unpaired) electrons. The first-order valence-corrected chi connectivity index (χ1v) is 7.80. The third-order valence-corrected chi connectivity index (χ3v) is 3.38. The number of aliphatic carboxylic acids is 2. The summed E-state index contributed by atoms with van der Waals surface area (Å²) in [5, 5.41) is 42.2. The number of aliphatic hydroxyl groups excluding tert-OH is 2. The van der Waals surface area contributed by atoms with Gasteiger partial charge >= 0.3 is 11.9 Å². The van der Waals surface area contributed by atoms with E-state index in [0.29, 0.717) is 0 Å². The van der Waals surface area contributed by atoms with E-state index in [1.165, 1.54) is 6.92 Å². The van der Waals surface area contributed by atoms with Crippen LogP contribution >= 0.6 is 0 Å². The smallest absolute Gasteiger partial charge is 0.325 e. The van der Waals surface area contributed by atoms with Gasteiger partial charge in [0, 0.05) is 0 Å². The maximum absolute atomic E-state index is 12.2. The molecule has 3 amide bonds. The third-order valence-electron chi connectivity index (χ3n) is 3.38. The Hall–Kier alpha value is -2.77. The minimum atomic E-state index is -1.65. The predicted octanol–water partition coefficient (Wildman–Crippen LogP) is -4.28. The summed E-state index contributed by atoms with van der Waals surface area (Å²) in [7, 11) is 0. The van der Waals surface area contributed by atoms with Crippen molar-refractivity contribution in [1.82, 2.24) is 16.0 Å². The first kappa shape index (κ1) is 24.2. The number of hydrogen-bond donors (Lipinski definition) is 8. The van der Waals surface area contributed by atoms with Crippen LogP contribution in [0.3, 0.4) is 0 Å². The van der Waals surface area contributed by atoms with Crippen LogP contribution in [0.2, 0.25) is 0 Å². The molecule has 0 bridgehead atoms. The van der Waals surface area contributed by atoms with E-state index in [2.05, 4.69) is 0 Å². The molecule has 0 aliphatic heterocycles. The Kier molecular flexibility index (Phi) is 9.92. The van der Waals surface area contributed by atoms with E-state index in [4.69, 9.17) is 15.9 Å². The number of carboxylic acids is 2. The van der Waals surface area contributed by atoms with Gasteiger partial charge in [-0.05, 0) is 13.8 Å². The standard InChI is InChI=1S/C14H24N4O9/c1-5(14(26)27)16-12(24)8(4-19)18-11(23)7(3-9(21)22)17-13(25)10(15)6(2)20/h5-8,10,19-20H,3-4,15H2,1-2H3,(H,16,24)(H,17,25)(H,18,23)(H,21,22)(H,26,27). The van der Waals surface area contributed by atoms with E-state index in [9.17, 15) is 34.2 Å². The quantitative estimate of drug-likeness (QED) is 0.169. The van der Waals surface area contributed by atoms with Crippen LogP contribution in [0.5, 0.6) is 0 Å². The van der Waals surface area contributed by atoms with Gasteiger partial charge in [-0.2, -0.15) is 0 Å². The van der Waals surface area contributed by atoms with Crippen molar-refractivity contribution in [2.75, 3.05) is 6.61 Å². The van der Waals surface area contributed by atoms with Crippen molar-refractivity contribution in [2.24, 2.45) is 5.73 Å². The molecule has 0 aromatic carbocycles. The Morgan fingerprint density at radius 1 is 0.889 bits per heavy atom. The van der Waals surface area contributed by atoms with Crippen molar-refractivity contribution in [3.05, 3.63) is 0 Å². The lowest BCUT2D eigenvalue weighted by molar-refractivity contribution is -0.143. The van der Waals surface area contributed by atoms with Crippen LogP contribution < -0.4 is 21.7 Å². The molecule has 0 aromatic rings. The van der Waals surface area contributed by atoms with Crippen LogP contribution in [-0.4, -0.2) is 87.0 Å². The van der Waals surface area contributed by atoms with E-state index >= 15 is 0 Å². The fourth-order valence-corrected chi connectivity index (χ4v) is 1.71. The van der Waals surface area contributed by atoms with Gasteiger partial charge in [0.25, 0.3) is 0 Å². The molecule has 27 heavy (non-hydrogen) atoms. The van der Waals surface area contributed by atoms with Gasteiger partial charge in [-0.15, -0.1) is 0 Å². The highest BCUT2D eigenvalue weighted by Gasteiger charge is 2.31. The molecule has 0 heterocycles. The summed E-state index contributed by atoms with van der Waals surface area (Å²) in [6.45, 7) is 1.46. The number of nitrogens with two attached hydrogens (primary N) is 1. The van der Waals surface area contributed by atoms with Gasteiger partial charge in [-0.3, -0.25) is 24.0 Å². The summed E-state index contributed by atoms with van der Waals surface area (Å²) >= 11 is 0. The molecule has 13 nitrogen and oxygen atoms in total. The van der Waals surface area contributed by atoms with E-state index < -0.39 is 73.0 Å². The Labute approximate surface area is 153 Å². The molecule has 0 aliphatic carbocycles. The molecule has 0 aromatic heterocycles. The normalized spacial score (nSPS) is 16.2. The maximum Gasteiger partial charge on any atom is 0.325 e. The first-order valence-electron chi connectivity index (χ1n) is 7.80. The molecule has 9 N–H and O–H groups in total. The van der Waals surface area contributed by atoms with Gasteiger partial charge in [-0.25, -0.2) is 0 Å². The molecule has 5 atom stereocenters. The first-order chi connectivity index (χ1) is 12.4. The van der Waals surface area contributed by atoms with Crippen LogP contribution in [0, 0.1) is 0 Å². The van der Waals surface area contributed by atoms with Crippen molar-refractivity contribution in [3.8, 4) is 0 Å². The van der Waals surface area contributed by atoms with E-state index in [1.807, 2.05) is 16.0 Å². The molecule has 5 unspecified atom stereocenters. The summed E-state index contributed by atoms with van der Waals surface area (Å²) in [4.78, 5) is 57.5. The number of nitrogens with one attached hydrogen (secondary N) is 3. The van der Waals surface area contributed by atoms with Crippen molar-refractivity contribution in [3.63, 3.8) is 0 Å². The topological polar surface area (TPSA) is 228 Å². The number of aliphatic hydroxyl groups is 2. The zero-order chi connectivity index (χ0) is 21.3. The van der Waals surface area contributed by atoms with Crippen LogP contribution in [0.1, 0.15) is 20.3 Å². The second kappa shape index (κ2) is 11.1. The zero-order valence-electron chi connectivity index (χ0n) is 14.7. The van der Waals surface area contributed by atoms with Crippen molar-refractivity contribution < 1.29 is 44.4 Å².